The molecule has 1 aliphatic rings. The van der Waals surface area contributed by atoms with Gasteiger partial charge in [-0.15, -0.1) is 0 Å². The van der Waals surface area contributed by atoms with Crippen molar-refractivity contribution in [3.05, 3.63) is 95.8 Å². The molecule has 3 aromatic rings. The fraction of sp³-hybridized carbons (Fsp3) is 0.415. The second kappa shape index (κ2) is 16.5. The van der Waals surface area contributed by atoms with Gasteiger partial charge >= 0.3 is 0 Å². The molecule has 0 saturated carbocycles. The summed E-state index contributed by atoms with van der Waals surface area (Å²) < 4.78 is 0. The van der Waals surface area contributed by atoms with E-state index in [0.717, 1.165) is 48.1 Å². The Morgan fingerprint density at radius 2 is 0.979 bits per heavy atom. The van der Waals surface area contributed by atoms with Crippen LogP contribution in [0.5, 0.6) is 0 Å². The van der Waals surface area contributed by atoms with Gasteiger partial charge in [0.2, 0.25) is 5.78 Å². The van der Waals surface area contributed by atoms with Crippen LogP contribution in [-0.2, 0) is 4.79 Å². The number of anilines is 5. The number of hydrogen-bond donors (Lipinski definition) is 2. The number of nitrogens with zero attached hydrogens (tertiary/aromatic N) is 4. The molecule has 0 spiro atoms. The molecule has 0 amide bonds. The standard InChI is InChI=1S/C41H56N6O/c1-11-37-40(44-33-19-25-36(26-20-33)47(14-4)30(9)10)38(42-31-15-21-34(22-16-31)45(12-2)28(5)6)27-39(41(37)48)43-32-17-23-35(24-18-32)46(13-3)29(7)8/h15-30,43-44H,11-14H2,1-10H3. The van der Waals surface area contributed by atoms with Crippen molar-refractivity contribution in [2.75, 3.05) is 45.0 Å². The smallest absolute Gasteiger partial charge is 0.207 e. The van der Waals surface area contributed by atoms with Gasteiger partial charge in [-0.1, -0.05) is 6.92 Å². The average Bonchev–Trinajstić information content (AvgIpc) is 3.06. The Kier molecular flexibility index (Phi) is 12.5. The predicted octanol–water partition coefficient (Wildman–Crippen LogP) is 9.82. The Balaban J connectivity index is 1.73. The number of hydrogen-bond acceptors (Lipinski definition) is 7. The van der Waals surface area contributed by atoms with Crippen molar-refractivity contribution < 1.29 is 4.79 Å². The minimum atomic E-state index is -0.0279. The summed E-state index contributed by atoms with van der Waals surface area (Å²) in [5.74, 6) is -0.0279. The molecule has 1 aliphatic carbocycles. The molecule has 0 aliphatic heterocycles. The van der Waals surface area contributed by atoms with Gasteiger partial charge < -0.3 is 25.3 Å². The maximum absolute atomic E-state index is 14.0. The van der Waals surface area contributed by atoms with Crippen LogP contribution in [-0.4, -0.2) is 49.3 Å². The molecule has 0 saturated heterocycles. The van der Waals surface area contributed by atoms with Gasteiger partial charge in [-0.05, 0) is 148 Å². The van der Waals surface area contributed by atoms with Gasteiger partial charge in [-0.25, -0.2) is 4.99 Å². The molecule has 4 rings (SSSR count). The number of carbonyl (C=O) groups is 1. The van der Waals surface area contributed by atoms with Crippen LogP contribution in [0.4, 0.5) is 34.1 Å². The van der Waals surface area contributed by atoms with E-state index in [-0.39, 0.29) is 5.78 Å². The van der Waals surface area contributed by atoms with Gasteiger partial charge in [-0.3, -0.25) is 4.79 Å². The van der Waals surface area contributed by atoms with Crippen molar-refractivity contribution >= 4 is 45.6 Å². The maximum Gasteiger partial charge on any atom is 0.207 e. The fourth-order valence-electron chi connectivity index (χ4n) is 6.53. The summed E-state index contributed by atoms with van der Waals surface area (Å²) in [6, 6.07) is 26.3. The molecule has 0 bridgehead atoms. The van der Waals surface area contributed by atoms with Crippen molar-refractivity contribution in [3.8, 4) is 0 Å². The summed E-state index contributed by atoms with van der Waals surface area (Å²) in [6.45, 7) is 24.6. The van der Waals surface area contributed by atoms with Gasteiger partial charge in [0.05, 0.1) is 22.8 Å². The molecule has 0 unspecified atom stereocenters. The van der Waals surface area contributed by atoms with E-state index >= 15 is 0 Å². The topological polar surface area (TPSA) is 63.2 Å². The highest BCUT2D eigenvalue weighted by Gasteiger charge is 2.27. The van der Waals surface area contributed by atoms with E-state index in [4.69, 9.17) is 4.99 Å². The van der Waals surface area contributed by atoms with E-state index in [2.05, 4.69) is 148 Å². The van der Waals surface area contributed by atoms with E-state index in [1.807, 2.05) is 25.1 Å². The molecule has 0 fully saturated rings. The Morgan fingerprint density at radius 3 is 1.35 bits per heavy atom. The van der Waals surface area contributed by atoms with Crippen molar-refractivity contribution in [1.82, 2.24) is 0 Å². The molecule has 0 atom stereocenters. The van der Waals surface area contributed by atoms with Gasteiger partial charge in [0.1, 0.15) is 0 Å². The molecule has 7 heteroatoms. The highest BCUT2D eigenvalue weighted by Crippen LogP contribution is 2.30. The summed E-state index contributed by atoms with van der Waals surface area (Å²) in [5.41, 5.74) is 8.78. The van der Waals surface area contributed by atoms with Crippen LogP contribution >= 0.6 is 0 Å². The van der Waals surface area contributed by atoms with Crippen molar-refractivity contribution in [3.63, 3.8) is 0 Å². The van der Waals surface area contributed by atoms with Crippen LogP contribution in [0.2, 0.25) is 0 Å². The molecule has 0 aromatic heterocycles. The average molecular weight is 649 g/mol. The van der Waals surface area contributed by atoms with Crippen LogP contribution in [0.1, 0.15) is 75.7 Å². The molecule has 48 heavy (non-hydrogen) atoms. The number of Topliss-reactive ketones (excluding diaryl/α,β-unsaturated/α-hetero) is 1. The normalized spacial score (nSPS) is 14.2. The largest absolute Gasteiger partial charge is 0.369 e. The van der Waals surface area contributed by atoms with Gasteiger partial charge in [0, 0.05) is 71.8 Å². The number of rotatable bonds is 15. The maximum atomic E-state index is 14.0. The van der Waals surface area contributed by atoms with Crippen LogP contribution in [0.25, 0.3) is 0 Å². The number of allylic oxidation sites excluding steroid dienone is 2. The number of nitrogens with one attached hydrogen (secondary N) is 2. The van der Waals surface area contributed by atoms with E-state index in [1.165, 1.54) is 11.4 Å². The number of ketones is 1. The summed E-state index contributed by atoms with van der Waals surface area (Å²) in [4.78, 5) is 26.2. The quantitative estimate of drug-likeness (QED) is 0.160. The minimum Gasteiger partial charge on any atom is -0.369 e. The lowest BCUT2D eigenvalue weighted by atomic mass is 9.94. The predicted molar refractivity (Wildman–Crippen MR) is 209 cm³/mol. The minimum absolute atomic E-state index is 0.0279. The van der Waals surface area contributed by atoms with E-state index < -0.39 is 0 Å². The molecule has 0 heterocycles. The van der Waals surface area contributed by atoms with E-state index in [9.17, 15) is 4.79 Å². The number of aliphatic imine (C=N–C) groups is 1. The first-order chi connectivity index (χ1) is 23.0. The Morgan fingerprint density at radius 1 is 0.583 bits per heavy atom. The van der Waals surface area contributed by atoms with E-state index in [1.54, 1.807) is 0 Å². The third-order valence-electron chi connectivity index (χ3n) is 8.98. The fourth-order valence-corrected chi connectivity index (χ4v) is 6.53. The Bertz CT molecular complexity index is 1600. The zero-order chi connectivity index (χ0) is 35.0. The number of benzene rings is 3. The molecule has 3 aromatic carbocycles. The third-order valence-corrected chi connectivity index (χ3v) is 8.98. The summed E-state index contributed by atoms with van der Waals surface area (Å²) in [7, 11) is 0. The first kappa shape index (κ1) is 36.3. The zero-order valence-corrected chi connectivity index (χ0v) is 30.8. The second-order valence-electron chi connectivity index (χ2n) is 13.1. The first-order valence-corrected chi connectivity index (χ1v) is 17.7. The SMILES string of the molecule is CCC1=C(Nc2ccc(N(CC)C(C)C)cc2)C(=Nc2ccc(N(CC)C(C)C)cc2)C=C(Nc2ccc(N(CC)C(C)C)cc2)C1=O. The lowest BCUT2D eigenvalue weighted by Crippen LogP contribution is -2.30. The van der Waals surface area contributed by atoms with Gasteiger partial charge in [-0.2, -0.15) is 0 Å². The molecular weight excluding hydrogens is 592 g/mol. The second-order valence-corrected chi connectivity index (χ2v) is 13.1. The molecule has 2 N–H and O–H groups in total. The van der Waals surface area contributed by atoms with E-state index in [0.29, 0.717) is 41.5 Å². The van der Waals surface area contributed by atoms with Crippen LogP contribution in [0.3, 0.4) is 0 Å². The van der Waals surface area contributed by atoms with Crippen molar-refractivity contribution in [1.29, 1.82) is 0 Å². The summed E-state index contributed by atoms with van der Waals surface area (Å²) in [6.07, 6.45) is 2.45. The monoisotopic (exact) mass is 648 g/mol. The molecule has 0 radical (unpaired) electrons. The lowest BCUT2D eigenvalue weighted by molar-refractivity contribution is -0.112. The lowest BCUT2D eigenvalue weighted by Gasteiger charge is -2.28. The van der Waals surface area contributed by atoms with Crippen LogP contribution in [0, 0.1) is 0 Å². The Hall–Kier alpha value is -4.52. The number of carbonyl (C=O) groups excluding carboxylic acids is 1. The highest BCUT2D eigenvalue weighted by molar-refractivity contribution is 6.26. The highest BCUT2D eigenvalue weighted by atomic mass is 16.1. The molecular formula is C41H56N6O. The first-order valence-electron chi connectivity index (χ1n) is 17.7. The third kappa shape index (κ3) is 8.49. The van der Waals surface area contributed by atoms with Crippen LogP contribution < -0.4 is 25.3 Å². The Labute approximate surface area is 289 Å². The summed E-state index contributed by atoms with van der Waals surface area (Å²) >= 11 is 0. The van der Waals surface area contributed by atoms with Crippen LogP contribution in [0.15, 0.2) is 101 Å². The van der Waals surface area contributed by atoms with Gasteiger partial charge in [0.25, 0.3) is 0 Å². The van der Waals surface area contributed by atoms with Crippen molar-refractivity contribution in [2.24, 2.45) is 4.99 Å². The van der Waals surface area contributed by atoms with Gasteiger partial charge in [0.15, 0.2) is 0 Å². The summed E-state index contributed by atoms with van der Waals surface area (Å²) in [5, 5.41) is 7.02. The zero-order valence-electron chi connectivity index (χ0n) is 30.8. The molecule has 7 nitrogen and oxygen atoms in total. The molecule has 256 valence electrons. The van der Waals surface area contributed by atoms with Crippen molar-refractivity contribution in [2.45, 2.75) is 93.8 Å².